The van der Waals surface area contributed by atoms with E-state index in [-0.39, 0.29) is 18.3 Å². The molecule has 238 valence electrons. The SMILES string of the molecule is COC(=O)[C@H](Cc1ccc(OCCN(Cc2ccccc2)C(=O)C=Cc2ccoc2)cc1)Nc1ccccc1C(=O)c1ccccc1. The fourth-order valence-electron chi connectivity index (χ4n) is 5.02. The van der Waals surface area contributed by atoms with Crippen molar-refractivity contribution in [1.29, 1.82) is 0 Å². The molecule has 0 saturated heterocycles. The summed E-state index contributed by atoms with van der Waals surface area (Å²) in [6.45, 7) is 1.11. The summed E-state index contributed by atoms with van der Waals surface area (Å²) >= 11 is 0. The molecule has 0 aliphatic rings. The van der Waals surface area contributed by atoms with Gasteiger partial charge in [0.25, 0.3) is 0 Å². The number of carbonyl (C=O) groups is 3. The van der Waals surface area contributed by atoms with Crippen LogP contribution in [0, 0.1) is 0 Å². The third-order valence-electron chi connectivity index (χ3n) is 7.51. The Labute approximate surface area is 274 Å². The lowest BCUT2D eigenvalue weighted by Gasteiger charge is -2.22. The van der Waals surface area contributed by atoms with Crippen molar-refractivity contribution in [1.82, 2.24) is 4.90 Å². The van der Waals surface area contributed by atoms with Gasteiger partial charge in [-0.05, 0) is 47.5 Å². The second kappa shape index (κ2) is 16.4. The predicted octanol–water partition coefficient (Wildman–Crippen LogP) is 6.83. The van der Waals surface area contributed by atoms with Crippen molar-refractivity contribution in [3.8, 4) is 5.75 Å². The number of rotatable bonds is 15. The van der Waals surface area contributed by atoms with Gasteiger partial charge in [0.2, 0.25) is 5.91 Å². The molecule has 1 heterocycles. The summed E-state index contributed by atoms with van der Waals surface area (Å²) in [7, 11) is 1.34. The Hall–Kier alpha value is -5.89. The van der Waals surface area contributed by atoms with Gasteiger partial charge in [0.1, 0.15) is 18.4 Å². The number of furan rings is 1. The summed E-state index contributed by atoms with van der Waals surface area (Å²) in [5.41, 5.74) is 4.27. The first-order chi connectivity index (χ1) is 23.0. The van der Waals surface area contributed by atoms with Crippen molar-refractivity contribution in [2.45, 2.75) is 19.0 Å². The Bertz CT molecular complexity index is 1770. The highest BCUT2D eigenvalue weighted by Gasteiger charge is 2.23. The van der Waals surface area contributed by atoms with E-state index in [1.54, 1.807) is 59.9 Å². The molecule has 0 aliphatic heterocycles. The highest BCUT2D eigenvalue weighted by Crippen LogP contribution is 2.22. The standard InChI is InChI=1S/C39H36N2O6/c1-45-39(44)36(40-35-15-9-8-14-34(35)38(43)32-12-6-3-7-13-32)26-29-16-19-33(20-17-29)47-25-23-41(27-30-10-4-2-5-11-30)37(42)21-18-31-22-24-46-28-31/h2-22,24,28,36,40H,23,25-27H2,1H3/t36-/m0/s1. The van der Waals surface area contributed by atoms with Crippen molar-refractivity contribution in [2.75, 3.05) is 25.6 Å². The Balaban J connectivity index is 1.21. The number of carbonyl (C=O) groups excluding carboxylic acids is 3. The van der Waals surface area contributed by atoms with Crippen LogP contribution in [0.4, 0.5) is 5.69 Å². The predicted molar refractivity (Wildman–Crippen MR) is 181 cm³/mol. The van der Waals surface area contributed by atoms with Crippen LogP contribution in [0.15, 0.2) is 138 Å². The number of ketones is 1. The average molecular weight is 629 g/mol. The van der Waals surface area contributed by atoms with Crippen LogP contribution in [-0.2, 0) is 27.3 Å². The van der Waals surface area contributed by atoms with Crippen LogP contribution in [0.25, 0.3) is 6.08 Å². The van der Waals surface area contributed by atoms with Crippen LogP contribution >= 0.6 is 0 Å². The maximum atomic E-state index is 13.2. The lowest BCUT2D eigenvalue weighted by molar-refractivity contribution is -0.141. The summed E-state index contributed by atoms with van der Waals surface area (Å²) in [6.07, 6.45) is 6.71. The molecule has 0 spiro atoms. The summed E-state index contributed by atoms with van der Waals surface area (Å²) in [4.78, 5) is 40.8. The molecule has 4 aromatic carbocycles. The van der Waals surface area contributed by atoms with E-state index in [4.69, 9.17) is 13.9 Å². The Morgan fingerprint density at radius 1 is 0.830 bits per heavy atom. The third-order valence-corrected chi connectivity index (χ3v) is 7.51. The van der Waals surface area contributed by atoms with E-state index in [1.807, 2.05) is 78.9 Å². The van der Waals surface area contributed by atoms with E-state index in [1.165, 1.54) is 13.2 Å². The van der Waals surface area contributed by atoms with Gasteiger partial charge in [-0.15, -0.1) is 0 Å². The number of amides is 1. The smallest absolute Gasteiger partial charge is 0.328 e. The molecule has 1 amide bonds. The molecule has 1 aromatic heterocycles. The normalized spacial score (nSPS) is 11.5. The van der Waals surface area contributed by atoms with Crippen molar-refractivity contribution >= 4 is 29.4 Å². The minimum absolute atomic E-state index is 0.137. The molecule has 0 saturated carbocycles. The second-order valence-corrected chi connectivity index (χ2v) is 10.8. The largest absolute Gasteiger partial charge is 0.492 e. The Kier molecular flexibility index (Phi) is 11.4. The Morgan fingerprint density at radius 3 is 2.23 bits per heavy atom. The molecule has 5 aromatic rings. The number of para-hydroxylation sites is 1. The van der Waals surface area contributed by atoms with Crippen LogP contribution in [0.3, 0.4) is 0 Å². The highest BCUT2D eigenvalue weighted by molar-refractivity contribution is 6.12. The molecule has 5 rings (SSSR count). The van der Waals surface area contributed by atoms with E-state index >= 15 is 0 Å². The highest BCUT2D eigenvalue weighted by atomic mass is 16.5. The van der Waals surface area contributed by atoms with E-state index in [9.17, 15) is 14.4 Å². The third kappa shape index (κ3) is 9.31. The molecule has 8 nitrogen and oxygen atoms in total. The van der Waals surface area contributed by atoms with Crippen molar-refractivity contribution in [3.05, 3.63) is 162 Å². The number of hydrogen-bond donors (Lipinski definition) is 1. The maximum Gasteiger partial charge on any atom is 0.328 e. The van der Waals surface area contributed by atoms with Gasteiger partial charge < -0.3 is 24.1 Å². The van der Waals surface area contributed by atoms with E-state index in [0.29, 0.717) is 42.1 Å². The van der Waals surface area contributed by atoms with Crippen LogP contribution in [0.2, 0.25) is 0 Å². The lowest BCUT2D eigenvalue weighted by atomic mass is 10.00. The summed E-state index contributed by atoms with van der Waals surface area (Å²) in [5.74, 6) is -0.0901. The lowest BCUT2D eigenvalue weighted by Crippen LogP contribution is -2.33. The van der Waals surface area contributed by atoms with Gasteiger partial charge in [0, 0.05) is 41.4 Å². The van der Waals surface area contributed by atoms with Gasteiger partial charge in [0.05, 0.1) is 26.2 Å². The Morgan fingerprint density at radius 2 is 1.53 bits per heavy atom. The average Bonchev–Trinajstić information content (AvgIpc) is 3.65. The number of methoxy groups -OCH3 is 1. The monoisotopic (exact) mass is 628 g/mol. The zero-order chi connectivity index (χ0) is 32.8. The zero-order valence-corrected chi connectivity index (χ0v) is 26.1. The molecule has 0 radical (unpaired) electrons. The van der Waals surface area contributed by atoms with Crippen molar-refractivity contribution in [2.24, 2.45) is 0 Å². The number of nitrogens with one attached hydrogen (secondary N) is 1. The molecule has 0 aliphatic carbocycles. The van der Waals surface area contributed by atoms with Gasteiger partial charge in [-0.2, -0.15) is 0 Å². The first-order valence-electron chi connectivity index (χ1n) is 15.3. The number of benzene rings is 4. The van der Waals surface area contributed by atoms with Gasteiger partial charge in [-0.3, -0.25) is 9.59 Å². The van der Waals surface area contributed by atoms with E-state index in [2.05, 4.69) is 5.32 Å². The molecule has 0 unspecified atom stereocenters. The number of nitrogens with zero attached hydrogens (tertiary/aromatic N) is 1. The maximum absolute atomic E-state index is 13.2. The molecule has 1 N–H and O–H groups in total. The minimum atomic E-state index is -0.732. The topological polar surface area (TPSA) is 98.1 Å². The fraction of sp³-hybridized carbons (Fsp3) is 0.154. The van der Waals surface area contributed by atoms with Crippen LogP contribution in [0.1, 0.15) is 32.6 Å². The molecule has 47 heavy (non-hydrogen) atoms. The number of anilines is 1. The van der Waals surface area contributed by atoms with Crippen molar-refractivity contribution in [3.63, 3.8) is 0 Å². The molecule has 0 fully saturated rings. The minimum Gasteiger partial charge on any atom is -0.492 e. The zero-order valence-electron chi connectivity index (χ0n) is 26.1. The first-order valence-corrected chi connectivity index (χ1v) is 15.3. The van der Waals surface area contributed by atoms with Gasteiger partial charge in [-0.1, -0.05) is 84.9 Å². The summed E-state index contributed by atoms with van der Waals surface area (Å²) < 4.78 is 16.2. The summed E-state index contributed by atoms with van der Waals surface area (Å²) in [6, 6.07) is 34.4. The quantitative estimate of drug-likeness (QED) is 0.0771. The van der Waals surface area contributed by atoms with Crippen molar-refractivity contribution < 1.29 is 28.3 Å². The molecular formula is C39H36N2O6. The first kappa shape index (κ1) is 32.5. The number of hydrogen-bond acceptors (Lipinski definition) is 7. The van der Waals surface area contributed by atoms with Gasteiger partial charge in [0.15, 0.2) is 5.78 Å². The molecule has 1 atom stereocenters. The van der Waals surface area contributed by atoms with E-state index in [0.717, 1.165) is 16.7 Å². The molecule has 0 bridgehead atoms. The fourth-order valence-corrected chi connectivity index (χ4v) is 5.02. The summed E-state index contributed by atoms with van der Waals surface area (Å²) in [5, 5.41) is 3.23. The van der Waals surface area contributed by atoms with Crippen LogP contribution < -0.4 is 10.1 Å². The number of ether oxygens (including phenoxy) is 2. The van der Waals surface area contributed by atoms with Crippen LogP contribution in [0.5, 0.6) is 5.75 Å². The van der Waals surface area contributed by atoms with Gasteiger partial charge in [-0.25, -0.2) is 4.79 Å². The molecular weight excluding hydrogens is 592 g/mol. The molecule has 8 heteroatoms. The number of esters is 1. The van der Waals surface area contributed by atoms with E-state index < -0.39 is 12.0 Å². The second-order valence-electron chi connectivity index (χ2n) is 10.8. The van der Waals surface area contributed by atoms with Gasteiger partial charge >= 0.3 is 5.97 Å². The van der Waals surface area contributed by atoms with Crippen LogP contribution in [-0.4, -0.2) is 48.9 Å².